The van der Waals surface area contributed by atoms with Gasteiger partial charge in [-0.2, -0.15) is 0 Å². The molecule has 182 valence electrons. The van der Waals surface area contributed by atoms with Crippen molar-refractivity contribution in [2.45, 2.75) is 12.3 Å². The first-order chi connectivity index (χ1) is 17.1. The van der Waals surface area contributed by atoms with E-state index in [4.69, 9.17) is 11.1 Å². The fourth-order valence-corrected chi connectivity index (χ4v) is 3.91. The second kappa shape index (κ2) is 9.18. The second-order valence-corrected chi connectivity index (χ2v) is 7.92. The molecule has 0 unspecified atom stereocenters. The van der Waals surface area contributed by atoms with Gasteiger partial charge in [0.1, 0.15) is 17.4 Å². The normalized spacial score (nSPS) is 11.8. The van der Waals surface area contributed by atoms with Crippen LogP contribution in [0.2, 0.25) is 0 Å². The maximum atomic E-state index is 11.8. The SMILES string of the molecule is N=C(N)c1ccc2nc(-c3cc([C@@H](CC(=O)[O-])C(=O)[O-])cc(-c4ccccc4[N+](=O)[O-])c3O)[nH]c2c1. The number of nitrogens with one attached hydrogen (secondary N) is 2. The molecule has 0 saturated carbocycles. The van der Waals surface area contributed by atoms with E-state index in [9.17, 15) is 35.0 Å². The summed E-state index contributed by atoms with van der Waals surface area (Å²) in [7, 11) is 0. The van der Waals surface area contributed by atoms with Crippen molar-refractivity contribution < 1.29 is 29.8 Å². The van der Waals surface area contributed by atoms with Crippen molar-refractivity contribution in [2.24, 2.45) is 5.73 Å². The molecule has 0 radical (unpaired) electrons. The topological polar surface area (TPSA) is 222 Å². The molecule has 0 saturated heterocycles. The Balaban J connectivity index is 2.01. The van der Waals surface area contributed by atoms with E-state index >= 15 is 0 Å². The molecule has 3 aromatic carbocycles. The third-order valence-electron chi connectivity index (χ3n) is 5.63. The number of aliphatic carboxylic acids is 2. The molecule has 12 nitrogen and oxygen atoms in total. The van der Waals surface area contributed by atoms with Crippen LogP contribution in [-0.2, 0) is 9.59 Å². The van der Waals surface area contributed by atoms with E-state index in [-0.39, 0.29) is 39.6 Å². The van der Waals surface area contributed by atoms with Gasteiger partial charge in [-0.15, -0.1) is 0 Å². The monoisotopic (exact) mass is 487 g/mol. The summed E-state index contributed by atoms with van der Waals surface area (Å²) >= 11 is 0. The maximum absolute atomic E-state index is 11.8. The number of fused-ring (bicyclic) bond motifs is 1. The van der Waals surface area contributed by atoms with Crippen LogP contribution in [0.4, 0.5) is 5.69 Å². The van der Waals surface area contributed by atoms with E-state index < -0.39 is 35.0 Å². The summed E-state index contributed by atoms with van der Waals surface area (Å²) in [6.45, 7) is 0. The molecule has 1 aromatic heterocycles. The van der Waals surface area contributed by atoms with Crippen LogP contribution in [0.15, 0.2) is 54.6 Å². The molecule has 0 fully saturated rings. The largest absolute Gasteiger partial charge is 0.550 e. The number of carbonyl (C=O) groups is 2. The Morgan fingerprint density at radius 2 is 1.78 bits per heavy atom. The standard InChI is InChI=1S/C24H19N5O7/c25-22(26)11-5-6-17-18(9-11)28-23(27-17)16-8-12(14(24(33)34)10-20(30)31)7-15(21(16)32)13-3-1-2-4-19(13)29(35)36/h1-9,14,32H,10H2,(H3,25,26)(H,27,28)(H,30,31)(H,33,34)/p-2/t14-/m1/s1. The van der Waals surface area contributed by atoms with Crippen LogP contribution in [0.3, 0.4) is 0 Å². The van der Waals surface area contributed by atoms with Crippen LogP contribution in [0.5, 0.6) is 5.75 Å². The number of H-pyrrole nitrogens is 1. The van der Waals surface area contributed by atoms with Gasteiger partial charge in [0, 0.05) is 35.0 Å². The highest BCUT2D eigenvalue weighted by Crippen LogP contribution is 2.43. The van der Waals surface area contributed by atoms with Crippen LogP contribution in [0.1, 0.15) is 23.5 Å². The number of rotatable bonds is 8. The van der Waals surface area contributed by atoms with E-state index in [1.807, 2.05) is 0 Å². The minimum atomic E-state index is -1.71. The van der Waals surface area contributed by atoms with Crippen molar-refractivity contribution in [1.82, 2.24) is 9.97 Å². The molecule has 0 bridgehead atoms. The number of imidazole rings is 1. The quantitative estimate of drug-likeness (QED) is 0.119. The molecule has 1 heterocycles. The Hall–Kier alpha value is -5.26. The third kappa shape index (κ3) is 4.42. The zero-order valence-electron chi connectivity index (χ0n) is 18.3. The lowest BCUT2D eigenvalue weighted by Crippen LogP contribution is -2.34. The van der Waals surface area contributed by atoms with Gasteiger partial charge in [0.05, 0.1) is 27.1 Å². The molecule has 36 heavy (non-hydrogen) atoms. The molecule has 4 aromatic rings. The van der Waals surface area contributed by atoms with Crippen LogP contribution >= 0.6 is 0 Å². The second-order valence-electron chi connectivity index (χ2n) is 7.92. The summed E-state index contributed by atoms with van der Waals surface area (Å²) in [6, 6.07) is 12.6. The van der Waals surface area contributed by atoms with Crippen molar-refractivity contribution >= 4 is 34.5 Å². The zero-order chi connectivity index (χ0) is 26.1. The first-order valence-electron chi connectivity index (χ1n) is 10.4. The number of para-hydroxylation sites is 1. The van der Waals surface area contributed by atoms with Crippen LogP contribution < -0.4 is 15.9 Å². The Kier molecular flexibility index (Phi) is 6.09. The molecule has 5 N–H and O–H groups in total. The average Bonchev–Trinajstić information content (AvgIpc) is 3.25. The number of carbonyl (C=O) groups excluding carboxylic acids is 2. The van der Waals surface area contributed by atoms with Crippen molar-refractivity contribution in [3.63, 3.8) is 0 Å². The summed E-state index contributed by atoms with van der Waals surface area (Å²) in [5.74, 6) is -5.60. The minimum Gasteiger partial charge on any atom is -0.550 e. The van der Waals surface area contributed by atoms with Gasteiger partial charge < -0.3 is 35.6 Å². The maximum Gasteiger partial charge on any atom is 0.277 e. The molecular formula is C24H17N5O7-2. The fraction of sp³-hybridized carbons (Fsp3) is 0.0833. The number of amidine groups is 1. The number of nitro groups is 1. The molecular weight excluding hydrogens is 470 g/mol. The number of aromatic hydroxyl groups is 1. The molecule has 0 spiro atoms. The van der Waals surface area contributed by atoms with E-state index in [0.29, 0.717) is 16.6 Å². The molecule has 0 aliphatic heterocycles. The summed E-state index contributed by atoms with van der Waals surface area (Å²) < 4.78 is 0. The molecule has 0 amide bonds. The number of nitro benzene ring substituents is 1. The zero-order valence-corrected chi connectivity index (χ0v) is 18.3. The van der Waals surface area contributed by atoms with Crippen molar-refractivity contribution in [3.8, 4) is 28.3 Å². The lowest BCUT2D eigenvalue weighted by atomic mass is 9.89. The van der Waals surface area contributed by atoms with Gasteiger partial charge in [-0.05, 0) is 48.4 Å². The van der Waals surface area contributed by atoms with Crippen LogP contribution in [0.25, 0.3) is 33.5 Å². The van der Waals surface area contributed by atoms with Crippen molar-refractivity contribution in [3.05, 3.63) is 75.8 Å². The van der Waals surface area contributed by atoms with Gasteiger partial charge in [-0.3, -0.25) is 15.5 Å². The molecule has 4 rings (SSSR count). The average molecular weight is 487 g/mol. The molecule has 1 atom stereocenters. The van der Waals surface area contributed by atoms with Gasteiger partial charge in [-0.1, -0.05) is 12.1 Å². The van der Waals surface area contributed by atoms with E-state index in [1.165, 1.54) is 36.4 Å². The van der Waals surface area contributed by atoms with Gasteiger partial charge >= 0.3 is 0 Å². The van der Waals surface area contributed by atoms with Gasteiger partial charge in [0.25, 0.3) is 5.69 Å². The van der Waals surface area contributed by atoms with Crippen LogP contribution in [-0.4, -0.2) is 37.8 Å². The number of phenols is 1. The molecule has 0 aliphatic rings. The Morgan fingerprint density at radius 3 is 2.42 bits per heavy atom. The van der Waals surface area contributed by atoms with E-state index in [2.05, 4.69) is 9.97 Å². The lowest BCUT2D eigenvalue weighted by molar-refractivity contribution is -0.384. The Bertz CT molecular complexity index is 1560. The Morgan fingerprint density at radius 1 is 1.08 bits per heavy atom. The number of nitrogen functional groups attached to an aromatic ring is 1. The fourth-order valence-electron chi connectivity index (χ4n) is 3.91. The summed E-state index contributed by atoms with van der Waals surface area (Å²) in [4.78, 5) is 41.3. The number of phenolic OH excluding ortho intramolecular Hbond substituents is 1. The number of hydrogen-bond donors (Lipinski definition) is 4. The van der Waals surface area contributed by atoms with E-state index in [0.717, 1.165) is 0 Å². The first-order valence-corrected chi connectivity index (χ1v) is 10.4. The van der Waals surface area contributed by atoms with Crippen molar-refractivity contribution in [2.75, 3.05) is 0 Å². The first kappa shape index (κ1) is 23.9. The summed E-state index contributed by atoms with van der Waals surface area (Å²) in [6.07, 6.45) is -0.926. The predicted molar refractivity (Wildman–Crippen MR) is 124 cm³/mol. The Labute approximate surface area is 202 Å². The lowest BCUT2D eigenvalue weighted by Gasteiger charge is -2.21. The minimum absolute atomic E-state index is 0.0244. The number of aromatic amines is 1. The van der Waals surface area contributed by atoms with Crippen LogP contribution in [0, 0.1) is 15.5 Å². The molecule has 12 heteroatoms. The van der Waals surface area contributed by atoms with Gasteiger partial charge in [-0.25, -0.2) is 4.98 Å². The summed E-state index contributed by atoms with van der Waals surface area (Å²) in [5.41, 5.74) is 6.18. The highest BCUT2D eigenvalue weighted by molar-refractivity contribution is 5.98. The molecule has 0 aliphatic carbocycles. The number of benzene rings is 3. The third-order valence-corrected chi connectivity index (χ3v) is 5.63. The van der Waals surface area contributed by atoms with Crippen molar-refractivity contribution in [1.29, 1.82) is 5.41 Å². The highest BCUT2D eigenvalue weighted by atomic mass is 16.6. The summed E-state index contributed by atoms with van der Waals surface area (Å²) in [5, 5.41) is 53.4. The number of hydrogen-bond acceptors (Lipinski definition) is 9. The number of nitrogens with two attached hydrogens (primary N) is 1. The predicted octanol–water partition coefficient (Wildman–Crippen LogP) is 0.768. The van der Waals surface area contributed by atoms with Gasteiger partial charge in [0.15, 0.2) is 0 Å². The van der Waals surface area contributed by atoms with E-state index in [1.54, 1.807) is 18.2 Å². The number of aromatic nitrogens is 2. The number of carboxylic acids is 2. The van der Waals surface area contributed by atoms with Gasteiger partial charge in [0.2, 0.25) is 0 Å². The number of carboxylic acid groups (broad SMARTS) is 2. The smallest absolute Gasteiger partial charge is 0.277 e. The highest BCUT2D eigenvalue weighted by Gasteiger charge is 2.25. The number of nitrogens with zero attached hydrogens (tertiary/aromatic N) is 2.